The summed E-state index contributed by atoms with van der Waals surface area (Å²) >= 11 is 12.5. The number of hydrogen-bond donors (Lipinski definition) is 2. The van der Waals surface area contributed by atoms with Crippen molar-refractivity contribution in [2.75, 3.05) is 33.3 Å². The largest absolute Gasteiger partial charge is 0.444 e. The molecule has 1 saturated heterocycles. The number of piperidine rings is 1. The standard InChI is InChI=1S/C27H36Cl2N2O4/c1-26(2,3)35-25(32)30-17-21(19-10-11-22(28)23(29)16-19)24(34-4)18-31-14-12-27(33,13-15-31)20-8-6-5-7-9-20/h5-11,16,21,24,33H,12-15,17-18H2,1-4H3,(H,30,32). The average molecular weight is 524 g/mol. The summed E-state index contributed by atoms with van der Waals surface area (Å²) in [5.41, 5.74) is 0.466. The molecule has 6 nitrogen and oxygen atoms in total. The first-order valence-electron chi connectivity index (χ1n) is 12.0. The zero-order valence-electron chi connectivity index (χ0n) is 20.9. The number of carbonyl (C=O) groups excluding carboxylic acids is 1. The lowest BCUT2D eigenvalue weighted by molar-refractivity contribution is -0.0408. The monoisotopic (exact) mass is 522 g/mol. The summed E-state index contributed by atoms with van der Waals surface area (Å²) in [5.74, 6) is -0.183. The molecule has 0 spiro atoms. The Bertz CT molecular complexity index is 973. The van der Waals surface area contributed by atoms with E-state index in [-0.39, 0.29) is 12.0 Å². The first-order valence-corrected chi connectivity index (χ1v) is 12.7. The van der Waals surface area contributed by atoms with E-state index in [1.807, 2.05) is 63.2 Å². The number of rotatable bonds is 8. The molecule has 2 unspecified atom stereocenters. The molecule has 2 aromatic carbocycles. The van der Waals surface area contributed by atoms with Gasteiger partial charge in [-0.3, -0.25) is 0 Å². The van der Waals surface area contributed by atoms with Gasteiger partial charge in [-0.15, -0.1) is 0 Å². The van der Waals surface area contributed by atoms with Gasteiger partial charge < -0.3 is 24.8 Å². The van der Waals surface area contributed by atoms with Gasteiger partial charge in [-0.05, 0) is 56.9 Å². The number of carbonyl (C=O) groups is 1. The van der Waals surface area contributed by atoms with Crippen LogP contribution in [0.5, 0.6) is 0 Å². The highest BCUT2D eigenvalue weighted by Gasteiger charge is 2.35. The van der Waals surface area contributed by atoms with Gasteiger partial charge in [0, 0.05) is 39.2 Å². The summed E-state index contributed by atoms with van der Waals surface area (Å²) in [4.78, 5) is 14.7. The molecule has 1 fully saturated rings. The zero-order chi connectivity index (χ0) is 25.6. The van der Waals surface area contributed by atoms with Crippen molar-refractivity contribution < 1.29 is 19.4 Å². The Labute approximate surface area is 218 Å². The zero-order valence-corrected chi connectivity index (χ0v) is 22.4. The first-order chi connectivity index (χ1) is 16.5. The number of methoxy groups -OCH3 is 1. The maximum absolute atomic E-state index is 12.4. The fraction of sp³-hybridized carbons (Fsp3) is 0.519. The summed E-state index contributed by atoms with van der Waals surface area (Å²) in [7, 11) is 1.67. The van der Waals surface area contributed by atoms with Crippen molar-refractivity contribution in [2.24, 2.45) is 0 Å². The van der Waals surface area contributed by atoms with Gasteiger partial charge in [0.05, 0.1) is 21.8 Å². The van der Waals surface area contributed by atoms with E-state index in [1.54, 1.807) is 13.2 Å². The second kappa shape index (κ2) is 11.9. The van der Waals surface area contributed by atoms with Crippen LogP contribution in [0.4, 0.5) is 4.79 Å². The molecule has 1 heterocycles. The van der Waals surface area contributed by atoms with Crippen LogP contribution in [0, 0.1) is 0 Å². The van der Waals surface area contributed by atoms with Crippen molar-refractivity contribution >= 4 is 29.3 Å². The summed E-state index contributed by atoms with van der Waals surface area (Å²) in [6, 6.07) is 15.3. The van der Waals surface area contributed by atoms with Crippen LogP contribution in [0.25, 0.3) is 0 Å². The molecule has 192 valence electrons. The lowest BCUT2D eigenvalue weighted by Gasteiger charge is -2.40. The Morgan fingerprint density at radius 1 is 1.11 bits per heavy atom. The Morgan fingerprint density at radius 2 is 1.77 bits per heavy atom. The fourth-order valence-corrected chi connectivity index (χ4v) is 4.78. The Balaban J connectivity index is 1.71. The highest BCUT2D eigenvalue weighted by molar-refractivity contribution is 6.42. The van der Waals surface area contributed by atoms with Gasteiger partial charge in [0.15, 0.2) is 0 Å². The van der Waals surface area contributed by atoms with Crippen LogP contribution in [0.15, 0.2) is 48.5 Å². The molecular weight excluding hydrogens is 487 g/mol. The van der Waals surface area contributed by atoms with Crippen molar-refractivity contribution in [3.8, 4) is 0 Å². The van der Waals surface area contributed by atoms with Crippen molar-refractivity contribution in [2.45, 2.75) is 56.8 Å². The summed E-state index contributed by atoms with van der Waals surface area (Å²) < 4.78 is 11.4. The molecule has 2 aromatic rings. The van der Waals surface area contributed by atoms with Crippen molar-refractivity contribution in [3.05, 3.63) is 69.7 Å². The third-order valence-corrected chi connectivity index (χ3v) is 7.16. The molecule has 0 bridgehead atoms. The predicted molar refractivity (Wildman–Crippen MR) is 140 cm³/mol. The average Bonchev–Trinajstić information content (AvgIpc) is 2.81. The van der Waals surface area contributed by atoms with Crippen molar-refractivity contribution in [1.29, 1.82) is 0 Å². The van der Waals surface area contributed by atoms with Gasteiger partial charge in [0.1, 0.15) is 5.60 Å². The number of benzene rings is 2. The minimum Gasteiger partial charge on any atom is -0.444 e. The van der Waals surface area contributed by atoms with Crippen LogP contribution in [0.3, 0.4) is 0 Å². The van der Waals surface area contributed by atoms with Crippen LogP contribution < -0.4 is 5.32 Å². The molecule has 2 atom stereocenters. The number of likely N-dealkylation sites (tertiary alicyclic amines) is 1. The van der Waals surface area contributed by atoms with Crippen molar-refractivity contribution in [3.63, 3.8) is 0 Å². The van der Waals surface area contributed by atoms with E-state index < -0.39 is 17.3 Å². The van der Waals surface area contributed by atoms with Gasteiger partial charge in [-0.25, -0.2) is 4.79 Å². The van der Waals surface area contributed by atoms with Crippen molar-refractivity contribution in [1.82, 2.24) is 10.2 Å². The molecule has 0 aliphatic carbocycles. The van der Waals surface area contributed by atoms with E-state index in [4.69, 9.17) is 32.7 Å². The lowest BCUT2D eigenvalue weighted by atomic mass is 9.84. The second-order valence-electron chi connectivity index (χ2n) is 10.1. The summed E-state index contributed by atoms with van der Waals surface area (Å²) in [6.45, 7) is 7.91. The van der Waals surface area contributed by atoms with E-state index >= 15 is 0 Å². The van der Waals surface area contributed by atoms with E-state index in [2.05, 4.69) is 10.2 Å². The normalized spacial score (nSPS) is 18.0. The highest BCUT2D eigenvalue weighted by atomic mass is 35.5. The SMILES string of the molecule is COC(CN1CCC(O)(c2ccccc2)CC1)C(CNC(=O)OC(C)(C)C)c1ccc(Cl)c(Cl)c1. The molecule has 8 heteroatoms. The highest BCUT2D eigenvalue weighted by Crippen LogP contribution is 2.34. The Hall–Kier alpha value is -1.83. The van der Waals surface area contributed by atoms with E-state index in [1.165, 1.54) is 0 Å². The van der Waals surface area contributed by atoms with Crippen LogP contribution in [0.1, 0.15) is 50.7 Å². The smallest absolute Gasteiger partial charge is 0.407 e. The third kappa shape index (κ3) is 7.83. The maximum atomic E-state index is 12.4. The maximum Gasteiger partial charge on any atom is 0.407 e. The van der Waals surface area contributed by atoms with Gasteiger partial charge in [0.25, 0.3) is 0 Å². The number of amides is 1. The second-order valence-corrected chi connectivity index (χ2v) is 10.9. The third-order valence-electron chi connectivity index (χ3n) is 6.42. The number of aliphatic hydroxyl groups is 1. The minimum absolute atomic E-state index is 0.183. The van der Waals surface area contributed by atoms with E-state index in [0.717, 1.165) is 24.2 Å². The van der Waals surface area contributed by atoms with Gasteiger partial charge in [-0.1, -0.05) is 59.6 Å². The molecule has 0 aromatic heterocycles. The van der Waals surface area contributed by atoms with Crippen LogP contribution in [-0.4, -0.2) is 61.1 Å². The molecule has 35 heavy (non-hydrogen) atoms. The summed E-state index contributed by atoms with van der Waals surface area (Å²) in [6.07, 6.45) is 0.565. The molecule has 1 aliphatic rings. The molecule has 0 saturated carbocycles. The van der Waals surface area contributed by atoms with Crippen LogP contribution in [0.2, 0.25) is 10.0 Å². The molecule has 0 radical (unpaired) electrons. The molecule has 1 aliphatic heterocycles. The summed E-state index contributed by atoms with van der Waals surface area (Å²) in [5, 5.41) is 15.0. The van der Waals surface area contributed by atoms with Crippen LogP contribution >= 0.6 is 23.2 Å². The van der Waals surface area contributed by atoms with Gasteiger partial charge >= 0.3 is 6.09 Å². The Morgan fingerprint density at radius 3 is 2.34 bits per heavy atom. The van der Waals surface area contributed by atoms with Gasteiger partial charge in [0.2, 0.25) is 0 Å². The van der Waals surface area contributed by atoms with E-state index in [9.17, 15) is 9.90 Å². The number of nitrogens with one attached hydrogen (secondary N) is 1. The molecule has 1 amide bonds. The number of nitrogens with zero attached hydrogens (tertiary/aromatic N) is 1. The predicted octanol–water partition coefficient (Wildman–Crippen LogP) is 5.60. The fourth-order valence-electron chi connectivity index (χ4n) is 4.48. The molecule has 2 N–H and O–H groups in total. The molecular formula is C27H36Cl2N2O4. The number of hydrogen-bond acceptors (Lipinski definition) is 5. The lowest BCUT2D eigenvalue weighted by Crippen LogP contribution is -2.47. The topological polar surface area (TPSA) is 71.0 Å². The number of ether oxygens (including phenoxy) is 2. The van der Waals surface area contributed by atoms with E-state index in [0.29, 0.717) is 36.0 Å². The Kier molecular flexibility index (Phi) is 9.47. The minimum atomic E-state index is -0.818. The number of halogens is 2. The van der Waals surface area contributed by atoms with Gasteiger partial charge in [-0.2, -0.15) is 0 Å². The van der Waals surface area contributed by atoms with Crippen LogP contribution in [-0.2, 0) is 15.1 Å². The molecule has 3 rings (SSSR count). The number of alkyl carbamates (subject to hydrolysis) is 1. The first kappa shape index (κ1) is 27.8. The quantitative estimate of drug-likeness (QED) is 0.472.